The zero-order valence-electron chi connectivity index (χ0n) is 9.63. The molecule has 0 saturated carbocycles. The van der Waals surface area contributed by atoms with Crippen molar-refractivity contribution in [3.05, 3.63) is 33.5 Å². The fourth-order valence-corrected chi connectivity index (χ4v) is 3.37. The van der Waals surface area contributed by atoms with Gasteiger partial charge < -0.3 is 0 Å². The molecule has 1 aromatic heterocycles. The molecule has 2 heteroatoms. The Bertz CT molecular complexity index is 459. The minimum absolute atomic E-state index is 0.883. The van der Waals surface area contributed by atoms with E-state index in [9.17, 15) is 0 Å². The van der Waals surface area contributed by atoms with E-state index in [2.05, 4.69) is 18.4 Å². The highest BCUT2D eigenvalue weighted by molar-refractivity contribution is 7.11. The van der Waals surface area contributed by atoms with Crippen LogP contribution in [-0.4, -0.2) is 0 Å². The lowest BCUT2D eigenvalue weighted by molar-refractivity contribution is 0.671. The van der Waals surface area contributed by atoms with E-state index in [-0.39, 0.29) is 0 Å². The Morgan fingerprint density at radius 3 is 2.81 bits per heavy atom. The molecule has 0 radical (unpaired) electrons. The molecule has 0 aliphatic heterocycles. The molecule has 86 valence electrons. The monoisotopic (exact) mass is 252 g/mol. The molecule has 2 aromatic rings. The van der Waals surface area contributed by atoms with Crippen LogP contribution in [0.4, 0.5) is 0 Å². The molecule has 0 aliphatic rings. The van der Waals surface area contributed by atoms with Crippen molar-refractivity contribution in [2.75, 3.05) is 0 Å². The Morgan fingerprint density at radius 1 is 1.12 bits per heavy atom. The number of unbranched alkanes of at least 4 members (excludes halogenated alkanes) is 3. The van der Waals surface area contributed by atoms with Crippen LogP contribution < -0.4 is 0 Å². The molecule has 0 bridgehead atoms. The lowest BCUT2D eigenvalue weighted by Gasteiger charge is -1.99. The van der Waals surface area contributed by atoms with Crippen LogP contribution in [0.3, 0.4) is 0 Å². The second-order valence-electron chi connectivity index (χ2n) is 4.17. The van der Waals surface area contributed by atoms with Gasteiger partial charge in [-0.25, -0.2) is 0 Å². The standard InChI is InChI=1S/C14H17ClS/c1-2-3-4-5-9-14-11-7-6-8-13(15)12(11)10-16-14/h6-8,10H,2-5,9H2,1H3. The van der Waals surface area contributed by atoms with Crippen molar-refractivity contribution in [1.29, 1.82) is 0 Å². The van der Waals surface area contributed by atoms with E-state index in [1.54, 1.807) is 0 Å². The van der Waals surface area contributed by atoms with Crippen molar-refractivity contribution in [2.24, 2.45) is 0 Å². The molecule has 0 amide bonds. The number of hydrogen-bond acceptors (Lipinski definition) is 1. The summed E-state index contributed by atoms with van der Waals surface area (Å²) in [4.78, 5) is 1.49. The Labute approximate surface area is 106 Å². The van der Waals surface area contributed by atoms with Gasteiger partial charge in [0.05, 0.1) is 0 Å². The Hall–Kier alpha value is -0.530. The van der Waals surface area contributed by atoms with Crippen LogP contribution in [0.25, 0.3) is 10.8 Å². The van der Waals surface area contributed by atoms with Gasteiger partial charge in [0, 0.05) is 20.7 Å². The van der Waals surface area contributed by atoms with Crippen molar-refractivity contribution in [2.45, 2.75) is 39.0 Å². The van der Waals surface area contributed by atoms with Gasteiger partial charge in [-0.05, 0) is 24.3 Å². The molecule has 0 atom stereocenters. The van der Waals surface area contributed by atoms with Gasteiger partial charge in [0.1, 0.15) is 0 Å². The largest absolute Gasteiger partial charge is 0.148 e. The van der Waals surface area contributed by atoms with E-state index in [1.165, 1.54) is 47.8 Å². The minimum atomic E-state index is 0.883. The summed E-state index contributed by atoms with van der Waals surface area (Å²) in [5.74, 6) is 0. The van der Waals surface area contributed by atoms with Crippen LogP contribution in [0.2, 0.25) is 5.02 Å². The number of fused-ring (bicyclic) bond motifs is 1. The van der Waals surface area contributed by atoms with Crippen LogP contribution in [0.1, 0.15) is 37.5 Å². The molecule has 1 aromatic carbocycles. The summed E-state index contributed by atoms with van der Waals surface area (Å²) in [6, 6.07) is 6.21. The fraction of sp³-hybridized carbons (Fsp3) is 0.429. The molecular formula is C14H17ClS. The maximum Gasteiger partial charge on any atom is 0.0492 e. The molecule has 0 spiro atoms. The van der Waals surface area contributed by atoms with Gasteiger partial charge >= 0.3 is 0 Å². The molecule has 0 saturated heterocycles. The van der Waals surface area contributed by atoms with Crippen LogP contribution in [0, 0.1) is 0 Å². The normalized spacial score (nSPS) is 11.1. The van der Waals surface area contributed by atoms with Gasteiger partial charge in [0.2, 0.25) is 0 Å². The summed E-state index contributed by atoms with van der Waals surface area (Å²) >= 11 is 8.01. The molecule has 0 N–H and O–H groups in total. The molecule has 16 heavy (non-hydrogen) atoms. The van der Waals surface area contributed by atoms with Gasteiger partial charge in [0.25, 0.3) is 0 Å². The van der Waals surface area contributed by atoms with Crippen molar-refractivity contribution in [3.8, 4) is 0 Å². The molecule has 0 aliphatic carbocycles. The van der Waals surface area contributed by atoms with E-state index in [4.69, 9.17) is 11.6 Å². The fourth-order valence-electron chi connectivity index (χ4n) is 2.00. The minimum Gasteiger partial charge on any atom is -0.148 e. The van der Waals surface area contributed by atoms with Crippen molar-refractivity contribution >= 4 is 33.7 Å². The zero-order chi connectivity index (χ0) is 11.4. The quantitative estimate of drug-likeness (QED) is 0.601. The van der Waals surface area contributed by atoms with Gasteiger partial charge in [-0.2, -0.15) is 0 Å². The average molecular weight is 253 g/mol. The maximum absolute atomic E-state index is 6.16. The van der Waals surface area contributed by atoms with Gasteiger partial charge in [-0.15, -0.1) is 11.3 Å². The molecule has 0 nitrogen and oxygen atoms in total. The summed E-state index contributed by atoms with van der Waals surface area (Å²) in [5.41, 5.74) is 0. The summed E-state index contributed by atoms with van der Waals surface area (Å²) in [6.07, 6.45) is 6.50. The summed E-state index contributed by atoms with van der Waals surface area (Å²) in [5, 5.41) is 5.65. The van der Waals surface area contributed by atoms with Crippen molar-refractivity contribution < 1.29 is 0 Å². The third-order valence-corrected chi connectivity index (χ3v) is 4.32. The van der Waals surface area contributed by atoms with Crippen LogP contribution in [-0.2, 0) is 6.42 Å². The highest BCUT2D eigenvalue weighted by Crippen LogP contribution is 2.32. The number of rotatable bonds is 5. The van der Waals surface area contributed by atoms with Crippen molar-refractivity contribution in [3.63, 3.8) is 0 Å². The number of benzene rings is 1. The molecule has 0 unspecified atom stereocenters. The Kier molecular flexibility index (Phi) is 4.25. The highest BCUT2D eigenvalue weighted by atomic mass is 35.5. The summed E-state index contributed by atoms with van der Waals surface area (Å²) in [7, 11) is 0. The Morgan fingerprint density at radius 2 is 2.00 bits per heavy atom. The lowest BCUT2D eigenvalue weighted by atomic mass is 10.1. The van der Waals surface area contributed by atoms with Crippen LogP contribution in [0.15, 0.2) is 23.6 Å². The average Bonchev–Trinajstić information content (AvgIpc) is 2.70. The number of aryl methyl sites for hydroxylation is 1. The molecule has 0 fully saturated rings. The van der Waals surface area contributed by atoms with Crippen molar-refractivity contribution in [1.82, 2.24) is 0 Å². The van der Waals surface area contributed by atoms with Gasteiger partial charge in [-0.1, -0.05) is 49.9 Å². The first-order valence-electron chi connectivity index (χ1n) is 5.97. The molecule has 2 rings (SSSR count). The highest BCUT2D eigenvalue weighted by Gasteiger charge is 2.05. The van der Waals surface area contributed by atoms with E-state index < -0.39 is 0 Å². The molecule has 1 heterocycles. The number of thiophene rings is 1. The zero-order valence-corrected chi connectivity index (χ0v) is 11.2. The number of hydrogen-bond donors (Lipinski definition) is 0. The summed E-state index contributed by atoms with van der Waals surface area (Å²) in [6.45, 7) is 2.25. The first kappa shape index (κ1) is 11.9. The third kappa shape index (κ3) is 2.58. The second kappa shape index (κ2) is 5.70. The summed E-state index contributed by atoms with van der Waals surface area (Å²) < 4.78 is 0. The van der Waals surface area contributed by atoms with Crippen LogP contribution >= 0.6 is 22.9 Å². The second-order valence-corrected chi connectivity index (χ2v) is 5.54. The smallest absolute Gasteiger partial charge is 0.0492 e. The first-order valence-corrected chi connectivity index (χ1v) is 7.23. The van der Waals surface area contributed by atoms with E-state index >= 15 is 0 Å². The third-order valence-electron chi connectivity index (χ3n) is 2.93. The van der Waals surface area contributed by atoms with Crippen LogP contribution in [0.5, 0.6) is 0 Å². The molecular weight excluding hydrogens is 236 g/mol. The van der Waals surface area contributed by atoms with E-state index in [1.807, 2.05) is 23.5 Å². The SMILES string of the molecule is CCCCCCc1scc2c(Cl)cccc12. The van der Waals surface area contributed by atoms with Gasteiger partial charge in [-0.3, -0.25) is 0 Å². The topological polar surface area (TPSA) is 0 Å². The van der Waals surface area contributed by atoms with Gasteiger partial charge in [0.15, 0.2) is 0 Å². The van der Waals surface area contributed by atoms with E-state index in [0.29, 0.717) is 0 Å². The predicted octanol–water partition coefficient (Wildman–Crippen LogP) is 5.68. The maximum atomic E-state index is 6.16. The lowest BCUT2D eigenvalue weighted by Crippen LogP contribution is -1.82. The predicted molar refractivity (Wildman–Crippen MR) is 74.7 cm³/mol. The Balaban J connectivity index is 2.10. The first-order chi connectivity index (χ1) is 7.83. The van der Waals surface area contributed by atoms with E-state index in [0.717, 1.165) is 5.02 Å². The number of halogens is 1.